The number of nitrogens with one attached hydrogen (secondary N) is 2. The van der Waals surface area contributed by atoms with Gasteiger partial charge < -0.3 is 10.6 Å². The molecule has 0 radical (unpaired) electrons. The molecule has 6 heteroatoms. The van der Waals surface area contributed by atoms with E-state index in [1.165, 1.54) is 0 Å². The molecule has 17 heavy (non-hydrogen) atoms. The number of carbonyl (C=O) groups excluding carboxylic acids is 1. The fourth-order valence-corrected chi connectivity index (χ4v) is 1.72. The summed E-state index contributed by atoms with van der Waals surface area (Å²) in [5, 5.41) is 5.59. The molecule has 1 amide bonds. The van der Waals surface area contributed by atoms with Gasteiger partial charge in [0.25, 0.3) is 0 Å². The highest BCUT2D eigenvalue weighted by Crippen LogP contribution is 2.13. The summed E-state index contributed by atoms with van der Waals surface area (Å²) in [7, 11) is 0. The van der Waals surface area contributed by atoms with Crippen LogP contribution in [0.5, 0.6) is 0 Å². The Kier molecular flexibility index (Phi) is 3.33. The standard InChI is InChI=1S/C11H11F3N2O/c12-8-1-6(2-9(13)11(8)14)4-15-7-3-10(17)16-5-7/h1-2,7,15H,3-5H2,(H,16,17). The molecule has 1 saturated heterocycles. The van der Waals surface area contributed by atoms with Crippen molar-refractivity contribution in [1.29, 1.82) is 0 Å². The number of rotatable bonds is 3. The highest BCUT2D eigenvalue weighted by atomic mass is 19.2. The van der Waals surface area contributed by atoms with Crippen LogP contribution in [0.2, 0.25) is 0 Å². The van der Waals surface area contributed by atoms with E-state index in [4.69, 9.17) is 0 Å². The number of amides is 1. The quantitative estimate of drug-likeness (QED) is 0.781. The van der Waals surface area contributed by atoms with Crippen LogP contribution < -0.4 is 10.6 Å². The fourth-order valence-electron chi connectivity index (χ4n) is 1.72. The van der Waals surface area contributed by atoms with Gasteiger partial charge in [0.05, 0.1) is 0 Å². The zero-order chi connectivity index (χ0) is 12.4. The Balaban J connectivity index is 1.97. The van der Waals surface area contributed by atoms with E-state index >= 15 is 0 Å². The van der Waals surface area contributed by atoms with Gasteiger partial charge in [-0.15, -0.1) is 0 Å². The van der Waals surface area contributed by atoms with Crippen molar-refractivity contribution in [2.45, 2.75) is 19.0 Å². The van der Waals surface area contributed by atoms with Crippen LogP contribution in [0.1, 0.15) is 12.0 Å². The average molecular weight is 244 g/mol. The van der Waals surface area contributed by atoms with Crippen LogP contribution in [-0.2, 0) is 11.3 Å². The molecular formula is C11H11F3N2O. The van der Waals surface area contributed by atoms with Crippen LogP contribution in [0.3, 0.4) is 0 Å². The van der Waals surface area contributed by atoms with Gasteiger partial charge in [0.15, 0.2) is 17.5 Å². The van der Waals surface area contributed by atoms with E-state index in [0.717, 1.165) is 12.1 Å². The molecule has 1 heterocycles. The molecule has 1 aromatic carbocycles. The molecule has 2 N–H and O–H groups in total. The van der Waals surface area contributed by atoms with E-state index < -0.39 is 17.5 Å². The predicted molar refractivity (Wildman–Crippen MR) is 54.6 cm³/mol. The normalized spacial score (nSPS) is 19.5. The molecule has 92 valence electrons. The van der Waals surface area contributed by atoms with Gasteiger partial charge in [0.1, 0.15) is 0 Å². The highest BCUT2D eigenvalue weighted by molar-refractivity contribution is 5.78. The van der Waals surface area contributed by atoms with Gasteiger partial charge in [0.2, 0.25) is 5.91 Å². The second-order valence-corrected chi connectivity index (χ2v) is 3.96. The van der Waals surface area contributed by atoms with Crippen LogP contribution in [0.4, 0.5) is 13.2 Å². The Labute approximate surface area is 96.0 Å². The zero-order valence-corrected chi connectivity index (χ0v) is 8.90. The summed E-state index contributed by atoms with van der Waals surface area (Å²) in [5.41, 5.74) is 0.306. The second kappa shape index (κ2) is 4.75. The van der Waals surface area contributed by atoms with Crippen molar-refractivity contribution in [2.24, 2.45) is 0 Å². The maximum Gasteiger partial charge on any atom is 0.221 e. The maximum atomic E-state index is 12.9. The van der Waals surface area contributed by atoms with Crippen molar-refractivity contribution in [2.75, 3.05) is 6.54 Å². The third-order valence-electron chi connectivity index (χ3n) is 2.62. The first-order valence-corrected chi connectivity index (χ1v) is 5.20. The molecule has 1 fully saturated rings. The summed E-state index contributed by atoms with van der Waals surface area (Å²) in [6.45, 7) is 0.679. The van der Waals surface area contributed by atoms with Gasteiger partial charge in [-0.25, -0.2) is 13.2 Å². The smallest absolute Gasteiger partial charge is 0.221 e. The van der Waals surface area contributed by atoms with E-state index in [1.54, 1.807) is 0 Å². The SMILES string of the molecule is O=C1CC(NCc2cc(F)c(F)c(F)c2)CN1. The molecule has 3 nitrogen and oxygen atoms in total. The molecule has 0 saturated carbocycles. The first-order valence-electron chi connectivity index (χ1n) is 5.20. The summed E-state index contributed by atoms with van der Waals surface area (Å²) in [6.07, 6.45) is 0.339. The minimum atomic E-state index is -1.47. The Morgan fingerprint density at radius 3 is 2.47 bits per heavy atom. The number of halogens is 3. The van der Waals surface area contributed by atoms with Crippen molar-refractivity contribution < 1.29 is 18.0 Å². The minimum Gasteiger partial charge on any atom is -0.354 e. The van der Waals surface area contributed by atoms with Crippen LogP contribution in [0, 0.1) is 17.5 Å². The molecule has 1 aromatic rings. The lowest BCUT2D eigenvalue weighted by molar-refractivity contribution is -0.119. The number of hydrogen-bond acceptors (Lipinski definition) is 2. The van der Waals surface area contributed by atoms with Crippen molar-refractivity contribution in [3.05, 3.63) is 35.1 Å². The van der Waals surface area contributed by atoms with E-state index in [2.05, 4.69) is 10.6 Å². The first kappa shape index (κ1) is 11.9. The third-order valence-corrected chi connectivity index (χ3v) is 2.62. The summed E-state index contributed by atoms with van der Waals surface area (Å²) in [5.74, 6) is -3.93. The average Bonchev–Trinajstić information content (AvgIpc) is 2.69. The van der Waals surface area contributed by atoms with Crippen LogP contribution in [0.15, 0.2) is 12.1 Å². The van der Waals surface area contributed by atoms with Crippen molar-refractivity contribution >= 4 is 5.91 Å². The van der Waals surface area contributed by atoms with E-state index in [9.17, 15) is 18.0 Å². The van der Waals surface area contributed by atoms with Gasteiger partial charge in [-0.3, -0.25) is 4.79 Å². The van der Waals surface area contributed by atoms with Gasteiger partial charge in [-0.05, 0) is 17.7 Å². The molecule has 2 rings (SSSR count). The molecule has 1 atom stereocenters. The Morgan fingerprint density at radius 1 is 1.29 bits per heavy atom. The van der Waals surface area contributed by atoms with Crippen LogP contribution in [0.25, 0.3) is 0 Å². The summed E-state index contributed by atoms with van der Waals surface area (Å²) in [4.78, 5) is 10.9. The largest absolute Gasteiger partial charge is 0.354 e. The van der Waals surface area contributed by atoms with Gasteiger partial charge >= 0.3 is 0 Å². The molecule has 0 aliphatic carbocycles. The van der Waals surface area contributed by atoms with E-state index in [-0.39, 0.29) is 18.5 Å². The number of benzene rings is 1. The van der Waals surface area contributed by atoms with Crippen LogP contribution in [-0.4, -0.2) is 18.5 Å². The van der Waals surface area contributed by atoms with Crippen molar-refractivity contribution in [3.63, 3.8) is 0 Å². The summed E-state index contributed by atoms with van der Waals surface area (Å²) in [6, 6.07) is 1.82. The Hall–Kier alpha value is -1.56. The molecular weight excluding hydrogens is 233 g/mol. The Bertz CT molecular complexity index is 427. The van der Waals surface area contributed by atoms with Crippen LogP contribution >= 0.6 is 0 Å². The van der Waals surface area contributed by atoms with E-state index in [0.29, 0.717) is 18.5 Å². The monoisotopic (exact) mass is 244 g/mol. The molecule has 0 spiro atoms. The zero-order valence-electron chi connectivity index (χ0n) is 8.90. The minimum absolute atomic E-state index is 0.0565. The lowest BCUT2D eigenvalue weighted by Gasteiger charge is -2.10. The van der Waals surface area contributed by atoms with Gasteiger partial charge in [-0.2, -0.15) is 0 Å². The molecule has 1 aliphatic heterocycles. The molecule has 0 aromatic heterocycles. The lowest BCUT2D eigenvalue weighted by atomic mass is 10.2. The summed E-state index contributed by atoms with van der Waals surface area (Å²) >= 11 is 0. The maximum absolute atomic E-state index is 12.9. The molecule has 1 aliphatic rings. The van der Waals surface area contributed by atoms with Crippen molar-refractivity contribution in [1.82, 2.24) is 10.6 Å². The number of carbonyl (C=O) groups is 1. The first-order chi connectivity index (χ1) is 8.06. The van der Waals surface area contributed by atoms with E-state index in [1.807, 2.05) is 0 Å². The van der Waals surface area contributed by atoms with Gasteiger partial charge in [-0.1, -0.05) is 0 Å². The fraction of sp³-hybridized carbons (Fsp3) is 0.364. The predicted octanol–water partition coefficient (Wildman–Crippen LogP) is 1.08. The third kappa shape index (κ3) is 2.76. The topological polar surface area (TPSA) is 41.1 Å². The number of hydrogen-bond donors (Lipinski definition) is 2. The second-order valence-electron chi connectivity index (χ2n) is 3.96. The summed E-state index contributed by atoms with van der Waals surface area (Å²) < 4.78 is 38.5. The van der Waals surface area contributed by atoms with Gasteiger partial charge in [0, 0.05) is 25.6 Å². The molecule has 1 unspecified atom stereocenters. The highest BCUT2D eigenvalue weighted by Gasteiger charge is 2.20. The lowest BCUT2D eigenvalue weighted by Crippen LogP contribution is -2.30. The molecule has 0 bridgehead atoms. The Morgan fingerprint density at radius 2 is 1.94 bits per heavy atom. The van der Waals surface area contributed by atoms with Crippen molar-refractivity contribution in [3.8, 4) is 0 Å².